The molecular formula is C18H20FNO4S2. The van der Waals surface area contributed by atoms with Crippen molar-refractivity contribution >= 4 is 27.1 Å². The molecule has 140 valence electrons. The zero-order valence-corrected chi connectivity index (χ0v) is 15.9. The molecule has 0 aliphatic carbocycles. The number of hydrogen-bond donors (Lipinski definition) is 0. The molecule has 0 N–H and O–H groups in total. The lowest BCUT2D eigenvalue weighted by atomic mass is 10.2. The van der Waals surface area contributed by atoms with Crippen LogP contribution in [-0.2, 0) is 21.2 Å². The van der Waals surface area contributed by atoms with Gasteiger partial charge in [0.25, 0.3) is 5.91 Å². The Morgan fingerprint density at radius 3 is 2.73 bits per heavy atom. The maximum absolute atomic E-state index is 13.8. The summed E-state index contributed by atoms with van der Waals surface area (Å²) in [6, 6.07) is 9.29. The van der Waals surface area contributed by atoms with Gasteiger partial charge in [-0.05, 0) is 36.9 Å². The number of carbonyl (C=O) groups is 1. The Hall–Kier alpha value is -1.93. The second-order valence-electron chi connectivity index (χ2n) is 6.29. The highest BCUT2D eigenvalue weighted by atomic mass is 32.2. The van der Waals surface area contributed by atoms with Crippen LogP contribution in [0.1, 0.15) is 18.2 Å². The molecule has 26 heavy (non-hydrogen) atoms. The van der Waals surface area contributed by atoms with Crippen LogP contribution in [0.4, 0.5) is 4.39 Å². The highest BCUT2D eigenvalue weighted by Gasteiger charge is 2.36. The molecule has 1 fully saturated rings. The van der Waals surface area contributed by atoms with E-state index < -0.39 is 21.8 Å². The van der Waals surface area contributed by atoms with Gasteiger partial charge in [0.15, 0.2) is 27.5 Å². The van der Waals surface area contributed by atoms with Gasteiger partial charge in [0, 0.05) is 10.9 Å². The van der Waals surface area contributed by atoms with E-state index in [1.165, 1.54) is 23.5 Å². The normalized spacial score (nSPS) is 19.8. The standard InChI is InChI=1S/C18H20FNO4S2/c1-13(24-17-7-3-2-6-16(17)19)18(21)20(11-15-5-4-9-25-15)14-8-10-26(22,23)12-14/h2-7,9,13-14H,8,10-12H2,1H3. The number of benzene rings is 1. The van der Waals surface area contributed by atoms with Gasteiger partial charge in [0.05, 0.1) is 18.1 Å². The summed E-state index contributed by atoms with van der Waals surface area (Å²) in [6.45, 7) is 1.88. The van der Waals surface area contributed by atoms with Gasteiger partial charge < -0.3 is 9.64 Å². The lowest BCUT2D eigenvalue weighted by Crippen LogP contribution is -2.46. The van der Waals surface area contributed by atoms with Crippen molar-refractivity contribution in [3.8, 4) is 5.75 Å². The van der Waals surface area contributed by atoms with Crippen LogP contribution in [-0.4, -0.2) is 42.9 Å². The van der Waals surface area contributed by atoms with Gasteiger partial charge in [0.2, 0.25) is 0 Å². The number of halogens is 1. The molecule has 1 aliphatic rings. The molecule has 0 spiro atoms. The summed E-state index contributed by atoms with van der Waals surface area (Å²) in [5.41, 5.74) is 0. The molecule has 2 atom stereocenters. The van der Waals surface area contributed by atoms with E-state index in [2.05, 4.69) is 0 Å². The fourth-order valence-corrected chi connectivity index (χ4v) is 5.43. The SMILES string of the molecule is CC(Oc1ccccc1F)C(=O)N(Cc1cccs1)C1CCS(=O)(=O)C1. The van der Waals surface area contributed by atoms with Crippen LogP contribution in [0.2, 0.25) is 0 Å². The van der Waals surface area contributed by atoms with Crippen LogP contribution in [0, 0.1) is 5.82 Å². The predicted octanol–water partition coefficient (Wildman–Crippen LogP) is 2.87. The van der Waals surface area contributed by atoms with E-state index >= 15 is 0 Å². The largest absolute Gasteiger partial charge is 0.478 e. The summed E-state index contributed by atoms with van der Waals surface area (Å²) in [5.74, 6) is -0.849. The van der Waals surface area contributed by atoms with E-state index in [0.717, 1.165) is 4.88 Å². The van der Waals surface area contributed by atoms with Gasteiger partial charge in [-0.3, -0.25) is 4.79 Å². The molecule has 2 heterocycles. The van der Waals surface area contributed by atoms with Crippen molar-refractivity contribution in [2.75, 3.05) is 11.5 Å². The van der Waals surface area contributed by atoms with E-state index in [0.29, 0.717) is 13.0 Å². The predicted molar refractivity (Wildman–Crippen MR) is 98.4 cm³/mol. The number of thiophene rings is 1. The molecule has 1 aliphatic heterocycles. The second-order valence-corrected chi connectivity index (χ2v) is 9.55. The van der Waals surface area contributed by atoms with Crippen LogP contribution >= 0.6 is 11.3 Å². The highest BCUT2D eigenvalue weighted by Crippen LogP contribution is 2.24. The quantitative estimate of drug-likeness (QED) is 0.752. The number of rotatable bonds is 6. The third-order valence-corrected chi connectivity index (χ3v) is 6.94. The fraction of sp³-hybridized carbons (Fsp3) is 0.389. The van der Waals surface area contributed by atoms with Crippen LogP contribution in [0.3, 0.4) is 0 Å². The van der Waals surface area contributed by atoms with Crippen molar-refractivity contribution in [2.45, 2.75) is 32.0 Å². The molecule has 0 bridgehead atoms. The summed E-state index contributed by atoms with van der Waals surface area (Å²) >= 11 is 1.50. The molecular weight excluding hydrogens is 377 g/mol. The second kappa shape index (κ2) is 7.75. The summed E-state index contributed by atoms with van der Waals surface area (Å²) < 4.78 is 43.0. The molecule has 1 amide bonds. The van der Waals surface area contributed by atoms with E-state index in [1.54, 1.807) is 24.0 Å². The van der Waals surface area contributed by atoms with Crippen molar-refractivity contribution in [2.24, 2.45) is 0 Å². The van der Waals surface area contributed by atoms with Gasteiger partial charge in [0.1, 0.15) is 0 Å². The number of nitrogens with zero attached hydrogens (tertiary/aromatic N) is 1. The van der Waals surface area contributed by atoms with Crippen molar-refractivity contribution in [1.82, 2.24) is 4.90 Å². The van der Waals surface area contributed by atoms with E-state index in [4.69, 9.17) is 4.74 Å². The molecule has 0 radical (unpaired) electrons. The van der Waals surface area contributed by atoms with Gasteiger partial charge in [-0.1, -0.05) is 18.2 Å². The van der Waals surface area contributed by atoms with E-state index in [1.807, 2.05) is 17.5 Å². The molecule has 2 unspecified atom stereocenters. The molecule has 2 aromatic rings. The first-order chi connectivity index (χ1) is 12.4. The maximum atomic E-state index is 13.8. The first-order valence-electron chi connectivity index (χ1n) is 8.30. The summed E-state index contributed by atoms with van der Waals surface area (Å²) in [4.78, 5) is 15.5. The molecule has 1 aromatic carbocycles. The maximum Gasteiger partial charge on any atom is 0.263 e. The number of hydrogen-bond acceptors (Lipinski definition) is 5. The first kappa shape index (κ1) is 18.8. The van der Waals surface area contributed by atoms with Gasteiger partial charge in [-0.25, -0.2) is 12.8 Å². The molecule has 1 saturated heterocycles. The average Bonchev–Trinajstić information content (AvgIpc) is 3.23. The van der Waals surface area contributed by atoms with Crippen LogP contribution in [0.5, 0.6) is 5.75 Å². The minimum Gasteiger partial charge on any atom is -0.478 e. The van der Waals surface area contributed by atoms with Crippen molar-refractivity contribution in [3.63, 3.8) is 0 Å². The van der Waals surface area contributed by atoms with E-state index in [-0.39, 0.29) is 29.2 Å². The minimum atomic E-state index is -3.14. The summed E-state index contributed by atoms with van der Waals surface area (Å²) in [5, 5.41) is 1.91. The first-order valence-corrected chi connectivity index (χ1v) is 11.0. The van der Waals surface area contributed by atoms with E-state index in [9.17, 15) is 17.6 Å². The Morgan fingerprint density at radius 1 is 1.35 bits per heavy atom. The molecule has 1 aromatic heterocycles. The van der Waals surface area contributed by atoms with Gasteiger partial charge in [-0.15, -0.1) is 11.3 Å². The lowest BCUT2D eigenvalue weighted by Gasteiger charge is -2.30. The zero-order chi connectivity index (χ0) is 18.7. The Kier molecular flexibility index (Phi) is 5.62. The van der Waals surface area contributed by atoms with Crippen molar-refractivity contribution in [3.05, 3.63) is 52.5 Å². The number of ether oxygens (including phenoxy) is 1. The Balaban J connectivity index is 1.78. The Labute approximate surface area is 156 Å². The molecule has 5 nitrogen and oxygen atoms in total. The van der Waals surface area contributed by atoms with Crippen LogP contribution in [0.15, 0.2) is 41.8 Å². The highest BCUT2D eigenvalue weighted by molar-refractivity contribution is 7.91. The van der Waals surface area contributed by atoms with Crippen molar-refractivity contribution in [1.29, 1.82) is 0 Å². The third-order valence-electron chi connectivity index (χ3n) is 4.33. The summed E-state index contributed by atoms with van der Waals surface area (Å²) in [6.07, 6.45) is -0.513. The van der Waals surface area contributed by atoms with Crippen LogP contribution < -0.4 is 4.74 Å². The summed E-state index contributed by atoms with van der Waals surface area (Å²) in [7, 11) is -3.14. The lowest BCUT2D eigenvalue weighted by molar-refractivity contribution is -0.140. The Morgan fingerprint density at radius 2 is 2.12 bits per heavy atom. The van der Waals surface area contributed by atoms with Gasteiger partial charge in [-0.2, -0.15) is 0 Å². The van der Waals surface area contributed by atoms with Crippen LogP contribution in [0.25, 0.3) is 0 Å². The molecule has 3 rings (SSSR count). The Bertz CT molecular complexity index is 867. The number of sulfone groups is 1. The molecule has 8 heteroatoms. The number of para-hydroxylation sites is 1. The third kappa shape index (κ3) is 4.42. The minimum absolute atomic E-state index is 0.00321. The van der Waals surface area contributed by atoms with Gasteiger partial charge >= 0.3 is 0 Å². The van der Waals surface area contributed by atoms with Crippen molar-refractivity contribution < 1.29 is 22.3 Å². The number of amides is 1. The molecule has 0 saturated carbocycles. The smallest absolute Gasteiger partial charge is 0.263 e. The average molecular weight is 397 g/mol. The zero-order valence-electron chi connectivity index (χ0n) is 14.3. The number of carbonyl (C=O) groups excluding carboxylic acids is 1. The topological polar surface area (TPSA) is 63.7 Å². The fourth-order valence-electron chi connectivity index (χ4n) is 2.99. The monoisotopic (exact) mass is 397 g/mol.